The summed E-state index contributed by atoms with van der Waals surface area (Å²) in [5, 5.41) is 0.829. The maximum absolute atomic E-state index is 13.3. The second kappa shape index (κ2) is 9.82. The molecule has 1 aliphatic rings. The molecule has 0 amide bonds. The minimum atomic E-state index is -3.72. The zero-order valence-corrected chi connectivity index (χ0v) is 19.8. The summed E-state index contributed by atoms with van der Waals surface area (Å²) in [4.78, 5) is 7.60. The topological polar surface area (TPSA) is 71.1 Å². The summed E-state index contributed by atoms with van der Waals surface area (Å²) in [7, 11) is 1.91. The molecule has 1 heterocycles. The number of sulfonamides is 1. The third-order valence-electron chi connectivity index (χ3n) is 5.68. The smallest absolute Gasteiger partial charge is 0.239 e. The van der Waals surface area contributed by atoms with Crippen molar-refractivity contribution in [2.75, 3.05) is 37.4 Å². The summed E-state index contributed by atoms with van der Waals surface area (Å²) in [6, 6.07) is 24.2. The van der Waals surface area contributed by atoms with Crippen molar-refractivity contribution in [1.29, 1.82) is 0 Å². The predicted octanol–water partition coefficient (Wildman–Crippen LogP) is 4.06. The second-order valence-corrected chi connectivity index (χ2v) is 10.2. The number of nitrogens with one attached hydrogen (secondary N) is 1. The molecule has 0 bridgehead atoms. The Labute approximate surface area is 195 Å². The third kappa shape index (κ3) is 5.47. The van der Waals surface area contributed by atoms with Gasteiger partial charge in [-0.3, -0.25) is 9.56 Å². The lowest BCUT2D eigenvalue weighted by molar-refractivity contribution is -0.110. The number of anilines is 2. The van der Waals surface area contributed by atoms with Crippen molar-refractivity contribution in [3.05, 3.63) is 90.0 Å². The van der Waals surface area contributed by atoms with E-state index in [2.05, 4.69) is 4.72 Å². The summed E-state index contributed by atoms with van der Waals surface area (Å²) < 4.78 is 35.2. The van der Waals surface area contributed by atoms with E-state index >= 15 is 0 Å². The Morgan fingerprint density at radius 2 is 1.76 bits per heavy atom. The van der Waals surface area contributed by atoms with Crippen LogP contribution in [0.4, 0.5) is 11.4 Å². The molecule has 7 nitrogen and oxygen atoms in total. The summed E-state index contributed by atoms with van der Waals surface area (Å²) in [6.45, 7) is 0.509. The normalized spacial score (nSPS) is 18.8. The Hall–Kier alpha value is -3.07. The van der Waals surface area contributed by atoms with Crippen LogP contribution in [-0.4, -0.2) is 46.5 Å². The summed E-state index contributed by atoms with van der Waals surface area (Å²) >= 11 is 0. The summed E-state index contributed by atoms with van der Waals surface area (Å²) in [6.07, 6.45) is 0. The van der Waals surface area contributed by atoms with Crippen LogP contribution >= 0.6 is 0 Å². The third-order valence-corrected chi connectivity index (χ3v) is 7.39. The van der Waals surface area contributed by atoms with Gasteiger partial charge in [0.25, 0.3) is 0 Å². The van der Waals surface area contributed by atoms with Crippen LogP contribution in [0, 0.1) is 0 Å². The average molecular weight is 468 g/mol. The predicted molar refractivity (Wildman–Crippen MR) is 131 cm³/mol. The molecule has 8 heteroatoms. The number of hydroxylamine groups is 2. The fraction of sp³-hybridized carbons (Fsp3) is 0.280. The van der Waals surface area contributed by atoms with Crippen LogP contribution in [0.2, 0.25) is 0 Å². The van der Waals surface area contributed by atoms with Gasteiger partial charge in [0.1, 0.15) is 17.6 Å². The van der Waals surface area contributed by atoms with E-state index in [1.54, 1.807) is 24.2 Å². The summed E-state index contributed by atoms with van der Waals surface area (Å²) in [5.41, 5.74) is 3.40. The van der Waals surface area contributed by atoms with E-state index < -0.39 is 21.3 Å². The standard InChI is InChI=1S/C25H29N3O4S/c1-27(2)22-14-12-21(13-15-22)26-33(29,30)24-18-32-28(3)25(24)20-10-7-11-23(16-20)31-17-19-8-5-4-6-9-19/h4-16,24-26H,17-18H2,1-3H3. The highest BCUT2D eigenvalue weighted by Crippen LogP contribution is 2.35. The van der Waals surface area contributed by atoms with Gasteiger partial charge in [0, 0.05) is 32.5 Å². The van der Waals surface area contributed by atoms with E-state index in [-0.39, 0.29) is 6.61 Å². The van der Waals surface area contributed by atoms with Gasteiger partial charge in [-0.15, -0.1) is 0 Å². The minimum Gasteiger partial charge on any atom is -0.489 e. The van der Waals surface area contributed by atoms with E-state index in [1.807, 2.05) is 85.7 Å². The quantitative estimate of drug-likeness (QED) is 0.539. The van der Waals surface area contributed by atoms with Gasteiger partial charge < -0.3 is 9.64 Å². The largest absolute Gasteiger partial charge is 0.489 e. The van der Waals surface area contributed by atoms with Crippen molar-refractivity contribution in [1.82, 2.24) is 5.06 Å². The van der Waals surface area contributed by atoms with Gasteiger partial charge in [0.15, 0.2) is 0 Å². The van der Waals surface area contributed by atoms with Crippen molar-refractivity contribution in [3.8, 4) is 5.75 Å². The number of hydrogen-bond donors (Lipinski definition) is 1. The van der Waals surface area contributed by atoms with E-state index in [1.165, 1.54) is 0 Å². The van der Waals surface area contributed by atoms with E-state index in [4.69, 9.17) is 9.57 Å². The number of benzene rings is 3. The first-order chi connectivity index (χ1) is 15.8. The molecule has 0 radical (unpaired) electrons. The first kappa shape index (κ1) is 23.1. The van der Waals surface area contributed by atoms with E-state index in [0.29, 0.717) is 18.0 Å². The molecule has 174 valence electrons. The number of nitrogens with zero attached hydrogens (tertiary/aromatic N) is 2. The zero-order chi connectivity index (χ0) is 23.4. The lowest BCUT2D eigenvalue weighted by Crippen LogP contribution is -2.34. The number of ether oxygens (including phenoxy) is 1. The molecule has 3 aromatic carbocycles. The van der Waals surface area contributed by atoms with Crippen LogP contribution in [0.25, 0.3) is 0 Å². The minimum absolute atomic E-state index is 0.0708. The Morgan fingerprint density at radius 3 is 2.45 bits per heavy atom. The molecule has 1 fully saturated rings. The number of rotatable bonds is 8. The molecule has 1 N–H and O–H groups in total. The van der Waals surface area contributed by atoms with Crippen molar-refractivity contribution >= 4 is 21.4 Å². The highest BCUT2D eigenvalue weighted by atomic mass is 32.2. The maximum atomic E-state index is 13.3. The van der Waals surface area contributed by atoms with Gasteiger partial charge in [-0.2, -0.15) is 5.06 Å². The molecule has 2 atom stereocenters. The zero-order valence-electron chi connectivity index (χ0n) is 19.0. The van der Waals surface area contributed by atoms with Crippen LogP contribution in [-0.2, 0) is 21.5 Å². The van der Waals surface area contributed by atoms with Crippen molar-refractivity contribution in [2.24, 2.45) is 0 Å². The Kier molecular flexibility index (Phi) is 6.88. The first-order valence-corrected chi connectivity index (χ1v) is 12.3. The van der Waals surface area contributed by atoms with Crippen molar-refractivity contribution in [3.63, 3.8) is 0 Å². The first-order valence-electron chi connectivity index (χ1n) is 10.7. The lowest BCUT2D eigenvalue weighted by atomic mass is 10.0. The van der Waals surface area contributed by atoms with E-state index in [0.717, 1.165) is 16.8 Å². The molecule has 2 unspecified atom stereocenters. The lowest BCUT2D eigenvalue weighted by Gasteiger charge is -2.24. The van der Waals surface area contributed by atoms with Gasteiger partial charge in [-0.1, -0.05) is 42.5 Å². The molecular formula is C25H29N3O4S. The molecule has 0 saturated carbocycles. The van der Waals surface area contributed by atoms with Crippen LogP contribution in [0.3, 0.4) is 0 Å². The van der Waals surface area contributed by atoms with Crippen molar-refractivity contribution in [2.45, 2.75) is 17.9 Å². The molecule has 4 rings (SSSR count). The maximum Gasteiger partial charge on any atom is 0.239 e. The van der Waals surface area contributed by atoms with Gasteiger partial charge in [-0.05, 0) is 47.5 Å². The van der Waals surface area contributed by atoms with Crippen LogP contribution in [0.1, 0.15) is 17.2 Å². The summed E-state index contributed by atoms with van der Waals surface area (Å²) in [5.74, 6) is 0.681. The molecule has 0 aromatic heterocycles. The van der Waals surface area contributed by atoms with Gasteiger partial charge >= 0.3 is 0 Å². The van der Waals surface area contributed by atoms with Gasteiger partial charge in [0.05, 0.1) is 12.6 Å². The fourth-order valence-electron chi connectivity index (χ4n) is 3.88. The molecule has 33 heavy (non-hydrogen) atoms. The Morgan fingerprint density at radius 1 is 1.03 bits per heavy atom. The van der Waals surface area contributed by atoms with Crippen molar-refractivity contribution < 1.29 is 18.0 Å². The molecule has 1 aliphatic heterocycles. The molecule has 0 aliphatic carbocycles. The highest BCUT2D eigenvalue weighted by Gasteiger charge is 2.43. The fourth-order valence-corrected chi connectivity index (χ4v) is 5.40. The van der Waals surface area contributed by atoms with Crippen LogP contribution in [0.15, 0.2) is 78.9 Å². The Bertz CT molecular complexity index is 1170. The Balaban J connectivity index is 1.51. The van der Waals surface area contributed by atoms with Crippen LogP contribution in [0.5, 0.6) is 5.75 Å². The SMILES string of the molecule is CN(C)c1ccc(NS(=O)(=O)C2CON(C)C2c2cccc(OCc3ccccc3)c2)cc1. The average Bonchev–Trinajstić information content (AvgIpc) is 3.21. The van der Waals surface area contributed by atoms with Crippen LogP contribution < -0.4 is 14.4 Å². The van der Waals surface area contributed by atoms with Gasteiger partial charge in [0.2, 0.25) is 10.0 Å². The second-order valence-electron chi connectivity index (χ2n) is 8.26. The molecular weight excluding hydrogens is 438 g/mol. The molecule has 0 spiro atoms. The van der Waals surface area contributed by atoms with Gasteiger partial charge in [-0.25, -0.2) is 8.42 Å². The van der Waals surface area contributed by atoms with E-state index in [9.17, 15) is 8.42 Å². The monoisotopic (exact) mass is 467 g/mol. The highest BCUT2D eigenvalue weighted by molar-refractivity contribution is 7.93. The molecule has 1 saturated heterocycles. The molecule has 3 aromatic rings. The number of hydrogen-bond acceptors (Lipinski definition) is 6.